The highest BCUT2D eigenvalue weighted by molar-refractivity contribution is 5.42. The molecule has 1 aromatic rings. The van der Waals surface area contributed by atoms with Gasteiger partial charge in [-0.05, 0) is 38.4 Å². The second-order valence-electron chi connectivity index (χ2n) is 4.16. The molecule has 0 atom stereocenters. The second kappa shape index (κ2) is 5.09. The molecule has 0 aliphatic carbocycles. The van der Waals surface area contributed by atoms with Crippen LogP contribution in [0.3, 0.4) is 0 Å². The van der Waals surface area contributed by atoms with Gasteiger partial charge in [0.25, 0.3) is 5.88 Å². The molecule has 1 aliphatic heterocycles. The van der Waals surface area contributed by atoms with Crippen LogP contribution in [0, 0.1) is 17.0 Å². The van der Waals surface area contributed by atoms with Crippen LogP contribution in [-0.4, -0.2) is 29.1 Å². The Hall–Kier alpha value is -1.69. The molecule has 0 amide bonds. The van der Waals surface area contributed by atoms with Gasteiger partial charge in [-0.2, -0.15) is 0 Å². The van der Waals surface area contributed by atoms with E-state index in [1.807, 2.05) is 0 Å². The van der Waals surface area contributed by atoms with E-state index in [0.717, 1.165) is 31.5 Å². The number of piperidine rings is 1. The van der Waals surface area contributed by atoms with E-state index in [0.29, 0.717) is 0 Å². The van der Waals surface area contributed by atoms with Crippen LogP contribution in [0.5, 0.6) is 5.88 Å². The molecule has 0 unspecified atom stereocenters. The quantitative estimate of drug-likeness (QED) is 0.635. The third kappa shape index (κ3) is 2.91. The van der Waals surface area contributed by atoms with E-state index in [1.54, 1.807) is 13.1 Å². The van der Waals surface area contributed by atoms with Crippen molar-refractivity contribution in [3.05, 3.63) is 27.9 Å². The lowest BCUT2D eigenvalue weighted by Gasteiger charge is -2.22. The lowest BCUT2D eigenvalue weighted by Crippen LogP contribution is -2.34. The minimum absolute atomic E-state index is 0.0187. The molecule has 1 aromatic heterocycles. The molecule has 17 heavy (non-hydrogen) atoms. The zero-order chi connectivity index (χ0) is 12.3. The summed E-state index contributed by atoms with van der Waals surface area (Å²) in [5, 5.41) is 14.1. The summed E-state index contributed by atoms with van der Waals surface area (Å²) < 4.78 is 5.61. The Labute approximate surface area is 99.2 Å². The van der Waals surface area contributed by atoms with Crippen LogP contribution < -0.4 is 10.1 Å². The normalized spacial score (nSPS) is 16.8. The van der Waals surface area contributed by atoms with Crippen molar-refractivity contribution in [2.75, 3.05) is 13.1 Å². The largest absolute Gasteiger partial charge is 0.469 e. The van der Waals surface area contributed by atoms with Crippen LogP contribution in [0.4, 0.5) is 5.69 Å². The monoisotopic (exact) mass is 237 g/mol. The first-order chi connectivity index (χ1) is 8.16. The van der Waals surface area contributed by atoms with Gasteiger partial charge in [0.15, 0.2) is 0 Å². The minimum Gasteiger partial charge on any atom is -0.469 e. The van der Waals surface area contributed by atoms with Crippen LogP contribution in [0.1, 0.15) is 18.4 Å². The zero-order valence-electron chi connectivity index (χ0n) is 9.68. The highest BCUT2D eigenvalue weighted by Crippen LogP contribution is 2.26. The maximum absolute atomic E-state index is 10.9. The third-order valence-corrected chi connectivity index (χ3v) is 2.73. The van der Waals surface area contributed by atoms with Gasteiger partial charge in [0.2, 0.25) is 0 Å². The average Bonchev–Trinajstić information content (AvgIpc) is 2.32. The summed E-state index contributed by atoms with van der Waals surface area (Å²) in [6.07, 6.45) is 3.31. The molecular formula is C11H15N3O3. The topological polar surface area (TPSA) is 77.3 Å². The van der Waals surface area contributed by atoms with Gasteiger partial charge < -0.3 is 10.1 Å². The molecule has 0 aromatic carbocycles. The van der Waals surface area contributed by atoms with Gasteiger partial charge in [0, 0.05) is 12.3 Å². The number of aromatic nitrogens is 1. The van der Waals surface area contributed by atoms with Crippen LogP contribution in [-0.2, 0) is 0 Å². The van der Waals surface area contributed by atoms with E-state index in [4.69, 9.17) is 4.74 Å². The fourth-order valence-electron chi connectivity index (χ4n) is 1.83. The van der Waals surface area contributed by atoms with E-state index < -0.39 is 4.92 Å². The van der Waals surface area contributed by atoms with E-state index >= 15 is 0 Å². The maximum Gasteiger partial charge on any atom is 0.331 e. The Morgan fingerprint density at radius 2 is 2.24 bits per heavy atom. The Kier molecular flexibility index (Phi) is 3.53. The molecule has 2 heterocycles. The fraction of sp³-hybridized carbons (Fsp3) is 0.545. The van der Waals surface area contributed by atoms with Crippen molar-refractivity contribution in [3.8, 4) is 5.88 Å². The molecule has 6 heteroatoms. The minimum atomic E-state index is -0.448. The number of aryl methyl sites for hydroxylation is 1. The highest BCUT2D eigenvalue weighted by atomic mass is 16.6. The number of pyridine rings is 1. The van der Waals surface area contributed by atoms with Crippen LogP contribution in [0.2, 0.25) is 0 Å². The molecule has 92 valence electrons. The summed E-state index contributed by atoms with van der Waals surface area (Å²) in [7, 11) is 0. The van der Waals surface area contributed by atoms with Crippen LogP contribution in [0.25, 0.3) is 0 Å². The summed E-state index contributed by atoms with van der Waals surface area (Å²) in [4.78, 5) is 14.5. The van der Waals surface area contributed by atoms with Crippen molar-refractivity contribution >= 4 is 5.69 Å². The Balaban J connectivity index is 2.16. The van der Waals surface area contributed by atoms with Gasteiger partial charge in [-0.3, -0.25) is 10.1 Å². The Bertz CT molecular complexity index is 416. The molecule has 0 spiro atoms. The summed E-state index contributed by atoms with van der Waals surface area (Å²) in [6.45, 7) is 3.53. The van der Waals surface area contributed by atoms with Crippen LogP contribution >= 0.6 is 0 Å². The summed E-state index contributed by atoms with van der Waals surface area (Å²) >= 11 is 0. The van der Waals surface area contributed by atoms with Crippen molar-refractivity contribution in [2.45, 2.75) is 25.9 Å². The lowest BCUT2D eigenvalue weighted by atomic mass is 10.1. The summed E-state index contributed by atoms with van der Waals surface area (Å²) in [6, 6.07) is 1.49. The Morgan fingerprint density at radius 3 is 2.88 bits per heavy atom. The van der Waals surface area contributed by atoms with Crippen molar-refractivity contribution in [3.63, 3.8) is 0 Å². The molecule has 1 saturated heterocycles. The smallest absolute Gasteiger partial charge is 0.331 e. The maximum atomic E-state index is 10.9. The molecule has 1 aliphatic rings. The number of nitrogens with one attached hydrogen (secondary N) is 1. The van der Waals surface area contributed by atoms with Crippen molar-refractivity contribution < 1.29 is 9.66 Å². The van der Waals surface area contributed by atoms with Gasteiger partial charge in [-0.15, -0.1) is 0 Å². The molecular weight excluding hydrogens is 222 g/mol. The van der Waals surface area contributed by atoms with Crippen molar-refractivity contribution in [2.24, 2.45) is 0 Å². The second-order valence-corrected chi connectivity index (χ2v) is 4.16. The van der Waals surface area contributed by atoms with Gasteiger partial charge in [0.05, 0.1) is 4.92 Å². The lowest BCUT2D eigenvalue weighted by molar-refractivity contribution is -0.386. The average molecular weight is 237 g/mol. The molecule has 2 rings (SSSR count). The molecule has 6 nitrogen and oxygen atoms in total. The molecule has 0 radical (unpaired) electrons. The summed E-state index contributed by atoms with van der Waals surface area (Å²) in [5.41, 5.74) is 0.706. The first-order valence-electron chi connectivity index (χ1n) is 5.65. The highest BCUT2D eigenvalue weighted by Gasteiger charge is 2.22. The van der Waals surface area contributed by atoms with Gasteiger partial charge in [-0.1, -0.05) is 0 Å². The van der Waals surface area contributed by atoms with Gasteiger partial charge >= 0.3 is 5.69 Å². The Morgan fingerprint density at radius 1 is 1.53 bits per heavy atom. The number of rotatable bonds is 3. The van der Waals surface area contributed by atoms with Crippen LogP contribution in [0.15, 0.2) is 12.3 Å². The summed E-state index contributed by atoms with van der Waals surface area (Å²) in [5.74, 6) is 0.132. The van der Waals surface area contributed by atoms with E-state index in [-0.39, 0.29) is 17.7 Å². The first kappa shape index (κ1) is 11.8. The van der Waals surface area contributed by atoms with Crippen molar-refractivity contribution in [1.29, 1.82) is 0 Å². The van der Waals surface area contributed by atoms with E-state index in [9.17, 15) is 10.1 Å². The molecule has 0 bridgehead atoms. The SMILES string of the molecule is Cc1cnc(OC2CCNCC2)c([N+](=O)[O-])c1. The van der Waals surface area contributed by atoms with Gasteiger partial charge in [-0.25, -0.2) is 4.98 Å². The standard InChI is InChI=1S/C11H15N3O3/c1-8-6-10(14(15)16)11(13-7-8)17-9-2-4-12-5-3-9/h6-7,9,12H,2-5H2,1H3. The molecule has 1 N–H and O–H groups in total. The zero-order valence-corrected chi connectivity index (χ0v) is 9.68. The molecule has 1 fully saturated rings. The number of ether oxygens (including phenoxy) is 1. The number of hydrogen-bond acceptors (Lipinski definition) is 5. The van der Waals surface area contributed by atoms with Gasteiger partial charge in [0.1, 0.15) is 6.10 Å². The van der Waals surface area contributed by atoms with E-state index in [1.165, 1.54) is 6.07 Å². The predicted molar refractivity (Wildman–Crippen MR) is 62.1 cm³/mol. The van der Waals surface area contributed by atoms with Crippen molar-refractivity contribution in [1.82, 2.24) is 10.3 Å². The third-order valence-electron chi connectivity index (χ3n) is 2.73. The molecule has 0 saturated carbocycles. The predicted octanol–water partition coefficient (Wildman–Crippen LogP) is 1.43. The number of nitrogens with zero attached hydrogens (tertiary/aromatic N) is 2. The van der Waals surface area contributed by atoms with E-state index in [2.05, 4.69) is 10.3 Å². The fourth-order valence-corrected chi connectivity index (χ4v) is 1.83. The first-order valence-corrected chi connectivity index (χ1v) is 5.65. The number of nitro groups is 1. The number of hydrogen-bond donors (Lipinski definition) is 1.